The molecule has 0 bridgehead atoms. The molecule has 4 atom stereocenters. The Morgan fingerprint density at radius 1 is 1.36 bits per heavy atom. The molecule has 3 aromatic rings. The third-order valence-electron chi connectivity index (χ3n) is 5.96. The molecule has 0 spiro atoms. The minimum Gasteiger partial charge on any atom is -0.377 e. The zero-order valence-corrected chi connectivity index (χ0v) is 16.5. The predicted octanol–water partition coefficient (Wildman–Crippen LogP) is 1.59. The van der Waals surface area contributed by atoms with Crippen LogP contribution in [-0.4, -0.2) is 57.5 Å². The molecule has 5 rings (SSSR count). The Balaban J connectivity index is 1.37. The van der Waals surface area contributed by atoms with E-state index in [2.05, 4.69) is 31.8 Å². The van der Waals surface area contributed by atoms with Crippen LogP contribution in [-0.2, 0) is 14.8 Å². The van der Waals surface area contributed by atoms with Crippen LogP contribution in [0, 0.1) is 5.92 Å². The number of sulfonamides is 1. The number of hydrogen-bond acceptors (Lipinski definition) is 6. The molecule has 28 heavy (non-hydrogen) atoms. The van der Waals surface area contributed by atoms with Crippen molar-refractivity contribution >= 4 is 26.8 Å². The van der Waals surface area contributed by atoms with Crippen LogP contribution in [0.15, 0.2) is 18.5 Å². The van der Waals surface area contributed by atoms with Crippen LogP contribution >= 0.6 is 0 Å². The van der Waals surface area contributed by atoms with Gasteiger partial charge in [-0.05, 0) is 37.7 Å². The Morgan fingerprint density at radius 2 is 2.25 bits per heavy atom. The van der Waals surface area contributed by atoms with Gasteiger partial charge in [-0.15, -0.1) is 10.2 Å². The minimum absolute atomic E-state index is 0.0477. The summed E-state index contributed by atoms with van der Waals surface area (Å²) in [6.45, 7) is 2.81. The molecule has 1 saturated heterocycles. The molecule has 0 aromatic carbocycles. The molecule has 1 saturated carbocycles. The fraction of sp³-hybridized carbons (Fsp3) is 0.611. The Hall–Kier alpha value is -2.04. The van der Waals surface area contributed by atoms with Gasteiger partial charge in [0.1, 0.15) is 5.82 Å². The lowest BCUT2D eigenvalue weighted by atomic mass is 9.97. The maximum absolute atomic E-state index is 12.6. The maximum atomic E-state index is 12.6. The van der Waals surface area contributed by atoms with Crippen molar-refractivity contribution in [2.75, 3.05) is 12.4 Å². The van der Waals surface area contributed by atoms with Crippen molar-refractivity contribution in [3.63, 3.8) is 0 Å². The predicted molar refractivity (Wildman–Crippen MR) is 103 cm³/mol. The van der Waals surface area contributed by atoms with Gasteiger partial charge in [-0.25, -0.2) is 18.1 Å². The highest BCUT2D eigenvalue weighted by Gasteiger charge is 2.38. The highest BCUT2D eigenvalue weighted by Crippen LogP contribution is 2.39. The van der Waals surface area contributed by atoms with Crippen molar-refractivity contribution in [2.45, 2.75) is 50.7 Å². The molecule has 9 nitrogen and oxygen atoms in total. The second kappa shape index (κ2) is 6.78. The van der Waals surface area contributed by atoms with Crippen LogP contribution in [0.25, 0.3) is 16.8 Å². The zero-order valence-electron chi connectivity index (χ0n) is 15.7. The van der Waals surface area contributed by atoms with E-state index in [1.165, 1.54) is 0 Å². The van der Waals surface area contributed by atoms with Crippen molar-refractivity contribution in [1.82, 2.24) is 29.3 Å². The van der Waals surface area contributed by atoms with Crippen LogP contribution in [0.3, 0.4) is 0 Å². The highest BCUT2D eigenvalue weighted by molar-refractivity contribution is 7.89. The lowest BCUT2D eigenvalue weighted by molar-refractivity contribution is 0.127. The van der Waals surface area contributed by atoms with Crippen molar-refractivity contribution in [1.29, 1.82) is 0 Å². The van der Waals surface area contributed by atoms with Crippen molar-refractivity contribution in [3.05, 3.63) is 24.3 Å². The third kappa shape index (κ3) is 3.19. The van der Waals surface area contributed by atoms with Gasteiger partial charge in [0.05, 0.1) is 23.6 Å². The Morgan fingerprint density at radius 3 is 3.07 bits per heavy atom. The number of nitrogens with one attached hydrogen (secondary N) is 2. The van der Waals surface area contributed by atoms with E-state index in [1.807, 2.05) is 16.7 Å². The molecular weight excluding hydrogens is 380 g/mol. The molecule has 0 amide bonds. The van der Waals surface area contributed by atoms with E-state index in [-0.39, 0.29) is 23.8 Å². The van der Waals surface area contributed by atoms with Gasteiger partial charge in [-0.3, -0.25) is 4.40 Å². The monoisotopic (exact) mass is 404 g/mol. The standard InChI is InChI=1S/C18H24N6O3S/c1-11-7-12(23-28(25,26)10-13-3-2-6-27-13)8-14(11)18-22-21-16-9-20-17-15(24(16)18)4-5-19-17/h4-5,9,11-14,19,23H,2-3,6-8,10H2,1H3. The Kier molecular flexibility index (Phi) is 4.37. The van der Waals surface area contributed by atoms with Crippen molar-refractivity contribution in [2.24, 2.45) is 5.92 Å². The number of nitrogens with zero attached hydrogens (tertiary/aromatic N) is 4. The molecular formula is C18H24N6O3S. The number of fused-ring (bicyclic) bond motifs is 3. The van der Waals surface area contributed by atoms with Crippen molar-refractivity contribution in [3.8, 4) is 0 Å². The molecule has 150 valence electrons. The number of aromatic amines is 1. The van der Waals surface area contributed by atoms with Crippen LogP contribution in [0.4, 0.5) is 0 Å². The van der Waals surface area contributed by atoms with Gasteiger partial charge in [0, 0.05) is 24.8 Å². The van der Waals surface area contributed by atoms with Crippen LogP contribution in [0.1, 0.15) is 44.3 Å². The van der Waals surface area contributed by atoms with E-state index >= 15 is 0 Å². The van der Waals surface area contributed by atoms with Crippen molar-refractivity contribution < 1.29 is 13.2 Å². The highest BCUT2D eigenvalue weighted by atomic mass is 32.2. The number of ether oxygens (including phenoxy) is 1. The number of hydrogen-bond donors (Lipinski definition) is 2. The van der Waals surface area contributed by atoms with E-state index in [0.29, 0.717) is 24.6 Å². The summed E-state index contributed by atoms with van der Waals surface area (Å²) in [6, 6.07) is 1.87. The topological polar surface area (TPSA) is 114 Å². The molecule has 4 heterocycles. The molecule has 0 radical (unpaired) electrons. The zero-order chi connectivity index (χ0) is 19.3. The molecule has 4 unspecified atom stereocenters. The third-order valence-corrected chi connectivity index (χ3v) is 7.46. The van der Waals surface area contributed by atoms with Gasteiger partial charge in [-0.1, -0.05) is 6.92 Å². The molecule has 1 aliphatic carbocycles. The second-order valence-corrected chi connectivity index (χ2v) is 9.81. The SMILES string of the molecule is CC1CC(NS(=O)(=O)CC2CCCO2)CC1c1nnc2cnc3[nH]ccc3n12. The first-order valence-electron chi connectivity index (χ1n) is 9.79. The molecule has 3 aromatic heterocycles. The summed E-state index contributed by atoms with van der Waals surface area (Å²) in [7, 11) is -3.37. The summed E-state index contributed by atoms with van der Waals surface area (Å²) in [5.41, 5.74) is 2.43. The molecule has 10 heteroatoms. The summed E-state index contributed by atoms with van der Waals surface area (Å²) >= 11 is 0. The van der Waals surface area contributed by atoms with Gasteiger partial charge in [0.2, 0.25) is 10.0 Å². The van der Waals surface area contributed by atoms with Gasteiger partial charge in [0.25, 0.3) is 0 Å². The lowest BCUT2D eigenvalue weighted by Crippen LogP contribution is -2.38. The largest absolute Gasteiger partial charge is 0.377 e. The first kappa shape index (κ1) is 18.0. The summed E-state index contributed by atoms with van der Waals surface area (Å²) in [5.74, 6) is 1.35. The van der Waals surface area contributed by atoms with Gasteiger partial charge in [0.15, 0.2) is 11.3 Å². The fourth-order valence-electron chi connectivity index (χ4n) is 4.66. The smallest absolute Gasteiger partial charge is 0.214 e. The quantitative estimate of drug-likeness (QED) is 0.667. The summed E-state index contributed by atoms with van der Waals surface area (Å²) < 4.78 is 35.5. The summed E-state index contributed by atoms with van der Waals surface area (Å²) in [5, 5.41) is 8.71. The van der Waals surface area contributed by atoms with E-state index in [9.17, 15) is 8.42 Å². The first-order chi connectivity index (χ1) is 13.5. The van der Waals surface area contributed by atoms with E-state index in [0.717, 1.165) is 36.3 Å². The summed E-state index contributed by atoms with van der Waals surface area (Å²) in [6.07, 6.45) is 6.62. The number of rotatable bonds is 5. The first-order valence-corrected chi connectivity index (χ1v) is 11.4. The Bertz CT molecular complexity index is 1100. The molecule has 2 N–H and O–H groups in total. The average molecular weight is 404 g/mol. The molecule has 1 aliphatic heterocycles. The van der Waals surface area contributed by atoms with Gasteiger partial charge in [-0.2, -0.15) is 0 Å². The Labute approximate surface area is 162 Å². The van der Waals surface area contributed by atoms with Gasteiger partial charge >= 0.3 is 0 Å². The lowest BCUT2D eigenvalue weighted by Gasteiger charge is -2.16. The minimum atomic E-state index is -3.37. The number of aromatic nitrogens is 5. The normalized spacial score (nSPS) is 28.6. The maximum Gasteiger partial charge on any atom is 0.214 e. The summed E-state index contributed by atoms with van der Waals surface area (Å²) in [4.78, 5) is 7.47. The van der Waals surface area contributed by atoms with Crippen LogP contribution < -0.4 is 4.72 Å². The van der Waals surface area contributed by atoms with E-state index < -0.39 is 10.0 Å². The molecule has 2 fully saturated rings. The van der Waals surface area contributed by atoms with E-state index in [4.69, 9.17) is 4.74 Å². The second-order valence-electron chi connectivity index (χ2n) is 8.01. The van der Waals surface area contributed by atoms with Crippen LogP contribution in [0.5, 0.6) is 0 Å². The average Bonchev–Trinajstić information content (AvgIpc) is 3.39. The number of H-pyrrole nitrogens is 1. The molecule has 2 aliphatic rings. The van der Waals surface area contributed by atoms with E-state index in [1.54, 1.807) is 6.20 Å². The van der Waals surface area contributed by atoms with Crippen LogP contribution in [0.2, 0.25) is 0 Å². The fourth-order valence-corrected chi connectivity index (χ4v) is 6.21. The van der Waals surface area contributed by atoms with Gasteiger partial charge < -0.3 is 9.72 Å².